The van der Waals surface area contributed by atoms with Crippen molar-refractivity contribution in [1.29, 1.82) is 0 Å². The number of amides is 1. The zero-order valence-electron chi connectivity index (χ0n) is 16.9. The third kappa shape index (κ3) is 4.05. The van der Waals surface area contributed by atoms with Crippen molar-refractivity contribution < 1.29 is 14.0 Å². The van der Waals surface area contributed by atoms with Crippen LogP contribution in [0.25, 0.3) is 11.4 Å². The second-order valence-electron chi connectivity index (χ2n) is 7.82. The lowest BCUT2D eigenvalue weighted by molar-refractivity contribution is -0.125. The Labute approximate surface area is 178 Å². The summed E-state index contributed by atoms with van der Waals surface area (Å²) in [6.07, 6.45) is 3.91. The average Bonchev–Trinajstić information content (AvgIpc) is 3.36. The van der Waals surface area contributed by atoms with Crippen molar-refractivity contribution in [3.8, 4) is 11.4 Å². The van der Waals surface area contributed by atoms with Crippen molar-refractivity contribution in [3.63, 3.8) is 0 Å². The number of nitrogens with one attached hydrogen (secondary N) is 1. The second-order valence-corrected chi connectivity index (χ2v) is 7.82. The summed E-state index contributed by atoms with van der Waals surface area (Å²) in [6, 6.07) is 13.7. The van der Waals surface area contributed by atoms with Crippen LogP contribution in [0.2, 0.25) is 0 Å². The van der Waals surface area contributed by atoms with E-state index in [4.69, 9.17) is 4.84 Å². The number of aryl methyl sites for hydroxylation is 1. The quantitative estimate of drug-likeness (QED) is 0.695. The van der Waals surface area contributed by atoms with Gasteiger partial charge in [-0.05, 0) is 37.1 Å². The monoisotopic (exact) mass is 419 g/mol. The van der Waals surface area contributed by atoms with Crippen LogP contribution >= 0.6 is 0 Å². The lowest BCUT2D eigenvalue weighted by Gasteiger charge is -2.11. The Morgan fingerprint density at radius 3 is 2.84 bits per heavy atom. The van der Waals surface area contributed by atoms with Crippen LogP contribution in [0.1, 0.15) is 37.1 Å². The number of carbonyl (C=O) groups excluding carboxylic acids is 1. The van der Waals surface area contributed by atoms with Crippen LogP contribution < -0.4 is 5.32 Å². The highest BCUT2D eigenvalue weighted by Gasteiger charge is 2.29. The van der Waals surface area contributed by atoms with E-state index in [2.05, 4.69) is 25.2 Å². The SMILES string of the molecule is O=C(Nc1cccc(-c2nnc3n2CCCCC3)c1)C1CC(c2cccc(F)c2)=NO1. The fraction of sp³-hybridized carbons (Fsp3) is 0.304. The van der Waals surface area contributed by atoms with E-state index in [1.165, 1.54) is 18.6 Å². The normalized spacial score (nSPS) is 18.0. The number of hydrogen-bond donors (Lipinski definition) is 1. The number of halogens is 1. The molecule has 1 N–H and O–H groups in total. The van der Waals surface area contributed by atoms with Gasteiger partial charge in [-0.3, -0.25) is 4.79 Å². The Hall–Kier alpha value is -3.55. The first-order valence-corrected chi connectivity index (χ1v) is 10.5. The van der Waals surface area contributed by atoms with E-state index in [0.29, 0.717) is 17.0 Å². The summed E-state index contributed by atoms with van der Waals surface area (Å²) < 4.78 is 15.6. The zero-order chi connectivity index (χ0) is 21.2. The molecule has 0 saturated heterocycles. The smallest absolute Gasteiger partial charge is 0.268 e. The topological polar surface area (TPSA) is 81.4 Å². The molecule has 1 amide bonds. The highest BCUT2D eigenvalue weighted by Crippen LogP contribution is 2.25. The molecular formula is C23H22FN5O2. The highest BCUT2D eigenvalue weighted by molar-refractivity contribution is 6.06. The molecule has 1 unspecified atom stereocenters. The van der Waals surface area contributed by atoms with Crippen LogP contribution in [0, 0.1) is 5.82 Å². The first-order chi connectivity index (χ1) is 15.2. The molecule has 3 heterocycles. The molecule has 3 aromatic rings. The van der Waals surface area contributed by atoms with Crippen molar-refractivity contribution >= 4 is 17.3 Å². The molecule has 2 aliphatic rings. The Kier molecular flexibility index (Phi) is 5.19. The van der Waals surface area contributed by atoms with Crippen molar-refractivity contribution in [2.75, 3.05) is 5.32 Å². The van der Waals surface area contributed by atoms with Crippen LogP contribution in [-0.2, 0) is 22.6 Å². The summed E-state index contributed by atoms with van der Waals surface area (Å²) in [5, 5.41) is 15.6. The fourth-order valence-electron chi connectivity index (χ4n) is 4.01. The molecule has 31 heavy (non-hydrogen) atoms. The first kappa shape index (κ1) is 19.4. The molecular weight excluding hydrogens is 397 g/mol. The van der Waals surface area contributed by atoms with Crippen molar-refractivity contribution in [2.24, 2.45) is 5.16 Å². The highest BCUT2D eigenvalue weighted by atomic mass is 19.1. The van der Waals surface area contributed by atoms with Gasteiger partial charge in [-0.2, -0.15) is 0 Å². The van der Waals surface area contributed by atoms with Crippen LogP contribution in [0.15, 0.2) is 53.7 Å². The number of rotatable bonds is 4. The molecule has 8 heteroatoms. The number of hydrogen-bond acceptors (Lipinski definition) is 5. The molecule has 0 fully saturated rings. The van der Waals surface area contributed by atoms with E-state index in [1.54, 1.807) is 12.1 Å². The summed E-state index contributed by atoms with van der Waals surface area (Å²) in [6.45, 7) is 0.907. The van der Waals surface area contributed by atoms with Gasteiger partial charge in [0.1, 0.15) is 11.6 Å². The molecule has 0 aliphatic carbocycles. The van der Waals surface area contributed by atoms with E-state index in [9.17, 15) is 9.18 Å². The van der Waals surface area contributed by atoms with Gasteiger partial charge in [-0.15, -0.1) is 10.2 Å². The van der Waals surface area contributed by atoms with E-state index in [0.717, 1.165) is 43.0 Å². The van der Waals surface area contributed by atoms with Crippen LogP contribution in [0.3, 0.4) is 0 Å². The molecule has 0 saturated carbocycles. The largest absolute Gasteiger partial charge is 0.382 e. The maximum Gasteiger partial charge on any atom is 0.268 e. The van der Waals surface area contributed by atoms with Gasteiger partial charge >= 0.3 is 0 Å². The lowest BCUT2D eigenvalue weighted by atomic mass is 10.0. The minimum absolute atomic E-state index is 0.284. The number of nitrogens with zero attached hydrogens (tertiary/aromatic N) is 4. The number of oxime groups is 1. The number of anilines is 1. The van der Waals surface area contributed by atoms with E-state index in [-0.39, 0.29) is 18.1 Å². The Bertz CT molecular complexity index is 1160. The third-order valence-corrected chi connectivity index (χ3v) is 5.62. The van der Waals surface area contributed by atoms with E-state index >= 15 is 0 Å². The molecule has 7 nitrogen and oxygen atoms in total. The van der Waals surface area contributed by atoms with Crippen molar-refractivity contribution in [2.45, 2.75) is 44.8 Å². The van der Waals surface area contributed by atoms with E-state index in [1.807, 2.05) is 24.3 Å². The fourth-order valence-corrected chi connectivity index (χ4v) is 4.01. The van der Waals surface area contributed by atoms with Gasteiger partial charge < -0.3 is 14.7 Å². The van der Waals surface area contributed by atoms with Gasteiger partial charge in [0.15, 0.2) is 5.82 Å². The molecule has 0 radical (unpaired) electrons. The summed E-state index contributed by atoms with van der Waals surface area (Å²) in [4.78, 5) is 18.0. The van der Waals surface area contributed by atoms with Crippen molar-refractivity contribution in [1.82, 2.24) is 14.8 Å². The molecule has 0 bridgehead atoms. The molecule has 2 aromatic carbocycles. The van der Waals surface area contributed by atoms with Gasteiger partial charge in [0.05, 0.1) is 5.71 Å². The summed E-state index contributed by atoms with van der Waals surface area (Å²) >= 11 is 0. The first-order valence-electron chi connectivity index (χ1n) is 10.5. The number of fused-ring (bicyclic) bond motifs is 1. The van der Waals surface area contributed by atoms with Gasteiger partial charge in [-0.25, -0.2) is 4.39 Å². The summed E-state index contributed by atoms with van der Waals surface area (Å²) in [7, 11) is 0. The molecule has 158 valence electrons. The minimum Gasteiger partial charge on any atom is -0.382 e. The Morgan fingerprint density at radius 1 is 1.06 bits per heavy atom. The van der Waals surface area contributed by atoms with E-state index < -0.39 is 6.10 Å². The molecule has 5 rings (SSSR count). The molecule has 0 spiro atoms. The van der Waals surface area contributed by atoms with Crippen LogP contribution in [0.5, 0.6) is 0 Å². The van der Waals surface area contributed by atoms with Gasteiger partial charge in [0.2, 0.25) is 6.10 Å². The molecule has 1 aromatic heterocycles. The van der Waals surface area contributed by atoms with Gasteiger partial charge in [0, 0.05) is 36.2 Å². The predicted octanol–water partition coefficient (Wildman–Crippen LogP) is 3.94. The number of aromatic nitrogens is 3. The second kappa shape index (κ2) is 8.29. The molecule has 1 atom stereocenters. The average molecular weight is 419 g/mol. The maximum atomic E-state index is 13.5. The summed E-state index contributed by atoms with van der Waals surface area (Å²) in [5.74, 6) is 1.19. The summed E-state index contributed by atoms with van der Waals surface area (Å²) in [5.41, 5.74) is 2.73. The maximum absolute atomic E-state index is 13.5. The lowest BCUT2D eigenvalue weighted by Crippen LogP contribution is -2.28. The molecule has 2 aliphatic heterocycles. The third-order valence-electron chi connectivity index (χ3n) is 5.62. The standard InChI is InChI=1S/C23H22FN5O2/c24-17-8-4-6-15(12-17)19-14-20(31-28-19)23(30)25-18-9-5-7-16(13-18)22-27-26-21-10-2-1-3-11-29(21)22/h4-9,12-13,20H,1-3,10-11,14H2,(H,25,30). The van der Waals surface area contributed by atoms with Crippen molar-refractivity contribution in [3.05, 3.63) is 65.7 Å². The number of benzene rings is 2. The van der Waals surface area contributed by atoms with Gasteiger partial charge in [-0.1, -0.05) is 35.8 Å². The predicted molar refractivity (Wildman–Crippen MR) is 114 cm³/mol. The minimum atomic E-state index is -0.758. The zero-order valence-corrected chi connectivity index (χ0v) is 16.9. The Morgan fingerprint density at radius 2 is 1.94 bits per heavy atom. The number of carbonyl (C=O) groups is 1. The van der Waals surface area contributed by atoms with Crippen LogP contribution in [0.4, 0.5) is 10.1 Å². The van der Waals surface area contributed by atoms with Crippen LogP contribution in [-0.4, -0.2) is 32.5 Å². The van der Waals surface area contributed by atoms with Gasteiger partial charge in [0.25, 0.3) is 5.91 Å². The Balaban J connectivity index is 1.29.